The average molecular weight is 273 g/mol. The van der Waals surface area contributed by atoms with E-state index in [1.807, 2.05) is 18.2 Å². The third-order valence-electron chi connectivity index (χ3n) is 4.49. The highest BCUT2D eigenvalue weighted by molar-refractivity contribution is 5.97. The summed E-state index contributed by atoms with van der Waals surface area (Å²) in [5, 5.41) is 3.47. The predicted octanol–water partition coefficient (Wildman–Crippen LogP) is 4.19. The zero-order chi connectivity index (χ0) is 14.4. The summed E-state index contributed by atoms with van der Waals surface area (Å²) in [4.78, 5) is 12.2. The fraction of sp³-hybridized carbons (Fsp3) is 0.611. The molecule has 0 heterocycles. The van der Waals surface area contributed by atoms with Crippen LogP contribution in [0.3, 0.4) is 0 Å². The van der Waals surface area contributed by atoms with Gasteiger partial charge in [0.25, 0.3) is 0 Å². The zero-order valence-electron chi connectivity index (χ0n) is 12.9. The van der Waals surface area contributed by atoms with Gasteiger partial charge in [-0.05, 0) is 43.9 Å². The van der Waals surface area contributed by atoms with E-state index in [0.29, 0.717) is 12.6 Å². The first-order valence-electron chi connectivity index (χ1n) is 8.00. The van der Waals surface area contributed by atoms with E-state index in [1.54, 1.807) is 0 Å². The monoisotopic (exact) mass is 273 g/mol. The molecule has 1 fully saturated rings. The maximum absolute atomic E-state index is 12.2. The van der Waals surface area contributed by atoms with Gasteiger partial charge in [0, 0.05) is 11.6 Å². The second-order valence-corrected chi connectivity index (χ2v) is 6.15. The minimum absolute atomic E-state index is 0.218. The van der Waals surface area contributed by atoms with Crippen molar-refractivity contribution < 1.29 is 4.79 Å². The number of ketones is 1. The predicted molar refractivity (Wildman–Crippen MR) is 84.4 cm³/mol. The van der Waals surface area contributed by atoms with Crippen molar-refractivity contribution in [3.8, 4) is 0 Å². The molecule has 0 aliphatic heterocycles. The molecule has 1 aromatic carbocycles. The molecular weight excluding hydrogens is 246 g/mol. The number of benzene rings is 1. The van der Waals surface area contributed by atoms with Crippen molar-refractivity contribution >= 4 is 5.78 Å². The molecule has 1 aliphatic rings. The minimum atomic E-state index is 0.218. The van der Waals surface area contributed by atoms with Gasteiger partial charge in [-0.25, -0.2) is 0 Å². The topological polar surface area (TPSA) is 29.1 Å². The lowest BCUT2D eigenvalue weighted by Gasteiger charge is -2.20. The van der Waals surface area contributed by atoms with Gasteiger partial charge in [-0.15, -0.1) is 0 Å². The van der Waals surface area contributed by atoms with Crippen LogP contribution in [0.2, 0.25) is 0 Å². The molecule has 2 heteroatoms. The Hall–Kier alpha value is -1.15. The molecule has 2 rings (SSSR count). The smallest absolute Gasteiger partial charge is 0.176 e. The first-order valence-corrected chi connectivity index (χ1v) is 8.00. The maximum atomic E-state index is 12.2. The average Bonchev–Trinajstić information content (AvgIpc) is 2.40. The second kappa shape index (κ2) is 7.58. The Balaban J connectivity index is 1.85. The molecule has 110 valence electrons. The lowest BCUT2D eigenvalue weighted by Crippen LogP contribution is -2.34. The number of rotatable bonds is 4. The SMILES string of the molecule is Cc1ccc(C(=O)CNC2CCCCCCC2)cc1C. The number of aryl methyl sites for hydroxylation is 2. The van der Waals surface area contributed by atoms with Crippen LogP contribution in [0.25, 0.3) is 0 Å². The van der Waals surface area contributed by atoms with Crippen LogP contribution >= 0.6 is 0 Å². The molecule has 0 atom stereocenters. The van der Waals surface area contributed by atoms with Crippen molar-refractivity contribution in [2.24, 2.45) is 0 Å². The number of hydrogen-bond donors (Lipinski definition) is 1. The van der Waals surface area contributed by atoms with Crippen LogP contribution in [0.4, 0.5) is 0 Å². The molecule has 0 unspecified atom stereocenters. The van der Waals surface area contributed by atoms with Gasteiger partial charge in [0.05, 0.1) is 6.54 Å². The number of nitrogens with one attached hydrogen (secondary N) is 1. The van der Waals surface area contributed by atoms with Gasteiger partial charge in [0.15, 0.2) is 5.78 Å². The molecule has 0 bridgehead atoms. The standard InChI is InChI=1S/C18H27NO/c1-14-10-11-16(12-15(14)2)18(20)13-19-17-8-6-4-3-5-7-9-17/h10-12,17,19H,3-9,13H2,1-2H3. The number of carbonyl (C=O) groups excluding carboxylic acids is 1. The highest BCUT2D eigenvalue weighted by Gasteiger charge is 2.13. The van der Waals surface area contributed by atoms with Crippen molar-refractivity contribution in [3.05, 3.63) is 34.9 Å². The summed E-state index contributed by atoms with van der Waals surface area (Å²) in [6.07, 6.45) is 9.13. The van der Waals surface area contributed by atoms with Crippen molar-refractivity contribution in [1.29, 1.82) is 0 Å². The number of carbonyl (C=O) groups is 1. The van der Waals surface area contributed by atoms with Gasteiger partial charge in [-0.2, -0.15) is 0 Å². The molecule has 1 N–H and O–H groups in total. The molecule has 20 heavy (non-hydrogen) atoms. The second-order valence-electron chi connectivity index (χ2n) is 6.15. The van der Waals surface area contributed by atoms with E-state index in [4.69, 9.17) is 0 Å². The highest BCUT2D eigenvalue weighted by Crippen LogP contribution is 2.17. The lowest BCUT2D eigenvalue weighted by atomic mass is 9.96. The van der Waals surface area contributed by atoms with Crippen LogP contribution in [0, 0.1) is 13.8 Å². The van der Waals surface area contributed by atoms with E-state index in [0.717, 1.165) is 5.56 Å². The molecule has 0 radical (unpaired) electrons. The van der Waals surface area contributed by atoms with Crippen molar-refractivity contribution in [3.63, 3.8) is 0 Å². The van der Waals surface area contributed by atoms with E-state index in [9.17, 15) is 4.79 Å². The Morgan fingerprint density at radius 3 is 2.35 bits per heavy atom. The van der Waals surface area contributed by atoms with Crippen molar-refractivity contribution in [2.75, 3.05) is 6.54 Å². The zero-order valence-corrected chi connectivity index (χ0v) is 12.9. The highest BCUT2D eigenvalue weighted by atomic mass is 16.1. The lowest BCUT2D eigenvalue weighted by molar-refractivity contribution is 0.0985. The molecule has 0 aromatic heterocycles. The fourth-order valence-corrected chi connectivity index (χ4v) is 2.91. The van der Waals surface area contributed by atoms with Crippen LogP contribution in [-0.2, 0) is 0 Å². The van der Waals surface area contributed by atoms with Gasteiger partial charge in [0.2, 0.25) is 0 Å². The third kappa shape index (κ3) is 4.45. The van der Waals surface area contributed by atoms with Crippen LogP contribution in [-0.4, -0.2) is 18.4 Å². The molecule has 0 spiro atoms. The third-order valence-corrected chi connectivity index (χ3v) is 4.49. The number of hydrogen-bond acceptors (Lipinski definition) is 2. The molecule has 1 saturated carbocycles. The maximum Gasteiger partial charge on any atom is 0.176 e. The van der Waals surface area contributed by atoms with Gasteiger partial charge >= 0.3 is 0 Å². The summed E-state index contributed by atoms with van der Waals surface area (Å²) in [5.74, 6) is 0.218. The molecule has 0 saturated heterocycles. The van der Waals surface area contributed by atoms with Crippen LogP contribution in [0.15, 0.2) is 18.2 Å². The quantitative estimate of drug-likeness (QED) is 0.833. The summed E-state index contributed by atoms with van der Waals surface area (Å²) in [5.41, 5.74) is 3.28. The first-order chi connectivity index (χ1) is 9.66. The Morgan fingerprint density at radius 2 is 1.70 bits per heavy atom. The van der Waals surface area contributed by atoms with Gasteiger partial charge in [-0.3, -0.25) is 4.79 Å². The summed E-state index contributed by atoms with van der Waals surface area (Å²) in [6.45, 7) is 4.62. The van der Waals surface area contributed by atoms with Gasteiger partial charge < -0.3 is 5.32 Å². The summed E-state index contributed by atoms with van der Waals surface area (Å²) < 4.78 is 0. The summed E-state index contributed by atoms with van der Waals surface area (Å²) in [7, 11) is 0. The Morgan fingerprint density at radius 1 is 1.05 bits per heavy atom. The van der Waals surface area contributed by atoms with E-state index >= 15 is 0 Å². The van der Waals surface area contributed by atoms with E-state index in [-0.39, 0.29) is 5.78 Å². The molecular formula is C18H27NO. The van der Waals surface area contributed by atoms with Crippen molar-refractivity contribution in [2.45, 2.75) is 64.8 Å². The normalized spacial score (nSPS) is 17.5. The van der Waals surface area contributed by atoms with E-state index in [1.165, 1.54) is 56.1 Å². The van der Waals surface area contributed by atoms with Crippen LogP contribution in [0.5, 0.6) is 0 Å². The van der Waals surface area contributed by atoms with Crippen LogP contribution in [0.1, 0.15) is 66.4 Å². The summed E-state index contributed by atoms with van der Waals surface area (Å²) >= 11 is 0. The van der Waals surface area contributed by atoms with Gasteiger partial charge in [0.1, 0.15) is 0 Å². The minimum Gasteiger partial charge on any atom is -0.307 e. The molecule has 1 aromatic rings. The number of Topliss-reactive ketones (excluding diaryl/α,β-unsaturated/α-hetero) is 1. The first kappa shape index (κ1) is 15.2. The van der Waals surface area contributed by atoms with Crippen LogP contribution < -0.4 is 5.32 Å². The van der Waals surface area contributed by atoms with E-state index in [2.05, 4.69) is 19.2 Å². The van der Waals surface area contributed by atoms with Crippen molar-refractivity contribution in [1.82, 2.24) is 5.32 Å². The molecule has 0 amide bonds. The molecule has 1 aliphatic carbocycles. The molecule has 2 nitrogen and oxygen atoms in total. The Kier molecular flexibility index (Phi) is 5.78. The Bertz CT molecular complexity index is 445. The fourth-order valence-electron chi connectivity index (χ4n) is 2.91. The van der Waals surface area contributed by atoms with Gasteiger partial charge in [-0.1, -0.05) is 44.2 Å². The largest absolute Gasteiger partial charge is 0.307 e. The van der Waals surface area contributed by atoms with E-state index < -0.39 is 0 Å². The Labute approximate surface area is 123 Å². The summed E-state index contributed by atoms with van der Waals surface area (Å²) in [6, 6.07) is 6.53.